The maximum absolute atomic E-state index is 11.7. The van der Waals surface area contributed by atoms with Gasteiger partial charge in [-0.3, -0.25) is 4.79 Å². The van der Waals surface area contributed by atoms with Gasteiger partial charge in [0.25, 0.3) is 0 Å². The molecule has 0 saturated carbocycles. The van der Waals surface area contributed by atoms with Crippen LogP contribution in [0.4, 0.5) is 5.95 Å². The SMILES string of the molecule is COc1cc(OC)nc(NCCC(=O)NC(C)(C)C)n1. The molecule has 0 saturated heterocycles. The van der Waals surface area contributed by atoms with Gasteiger partial charge in [-0.15, -0.1) is 0 Å². The lowest BCUT2D eigenvalue weighted by molar-refractivity contribution is -0.122. The summed E-state index contributed by atoms with van der Waals surface area (Å²) in [5, 5.41) is 5.85. The fourth-order valence-corrected chi connectivity index (χ4v) is 1.46. The van der Waals surface area contributed by atoms with E-state index < -0.39 is 0 Å². The minimum absolute atomic E-state index is 0.0279. The van der Waals surface area contributed by atoms with Gasteiger partial charge in [-0.25, -0.2) is 0 Å². The molecule has 0 aliphatic rings. The minimum Gasteiger partial charge on any atom is -0.481 e. The maximum atomic E-state index is 11.7. The smallest absolute Gasteiger partial charge is 0.229 e. The average molecular weight is 282 g/mol. The van der Waals surface area contributed by atoms with Crippen molar-refractivity contribution in [2.45, 2.75) is 32.7 Å². The lowest BCUT2D eigenvalue weighted by Gasteiger charge is -2.20. The number of nitrogens with zero attached hydrogens (tertiary/aromatic N) is 2. The summed E-state index contributed by atoms with van der Waals surface area (Å²) in [7, 11) is 3.03. The van der Waals surface area contributed by atoms with Crippen LogP contribution >= 0.6 is 0 Å². The van der Waals surface area contributed by atoms with Crippen LogP contribution in [0.5, 0.6) is 11.8 Å². The molecule has 0 radical (unpaired) electrons. The lowest BCUT2D eigenvalue weighted by Crippen LogP contribution is -2.41. The van der Waals surface area contributed by atoms with Crippen molar-refractivity contribution in [1.82, 2.24) is 15.3 Å². The van der Waals surface area contributed by atoms with Crippen LogP contribution in [0.1, 0.15) is 27.2 Å². The van der Waals surface area contributed by atoms with Crippen molar-refractivity contribution in [3.63, 3.8) is 0 Å². The van der Waals surface area contributed by atoms with E-state index in [1.54, 1.807) is 6.07 Å². The van der Waals surface area contributed by atoms with Crippen LogP contribution in [0, 0.1) is 0 Å². The maximum Gasteiger partial charge on any atom is 0.229 e. The van der Waals surface area contributed by atoms with E-state index in [-0.39, 0.29) is 11.4 Å². The van der Waals surface area contributed by atoms with Gasteiger partial charge >= 0.3 is 0 Å². The first-order valence-electron chi connectivity index (χ1n) is 6.36. The molecular weight excluding hydrogens is 260 g/mol. The third-order valence-electron chi connectivity index (χ3n) is 2.25. The zero-order valence-electron chi connectivity index (χ0n) is 12.6. The third-order valence-corrected chi connectivity index (χ3v) is 2.25. The number of methoxy groups -OCH3 is 2. The number of hydrogen-bond acceptors (Lipinski definition) is 6. The number of nitrogens with one attached hydrogen (secondary N) is 2. The van der Waals surface area contributed by atoms with Crippen molar-refractivity contribution in [1.29, 1.82) is 0 Å². The van der Waals surface area contributed by atoms with Crippen LogP contribution in [0.25, 0.3) is 0 Å². The van der Waals surface area contributed by atoms with Crippen molar-refractivity contribution < 1.29 is 14.3 Å². The summed E-state index contributed by atoms with van der Waals surface area (Å²) in [5.41, 5.74) is -0.229. The second-order valence-electron chi connectivity index (χ2n) is 5.25. The number of anilines is 1. The number of amides is 1. The largest absolute Gasteiger partial charge is 0.481 e. The molecule has 2 N–H and O–H groups in total. The molecule has 7 heteroatoms. The highest BCUT2D eigenvalue weighted by Crippen LogP contribution is 2.17. The molecule has 0 atom stereocenters. The van der Waals surface area contributed by atoms with Crippen molar-refractivity contribution in [2.24, 2.45) is 0 Å². The quantitative estimate of drug-likeness (QED) is 0.815. The van der Waals surface area contributed by atoms with Crippen molar-refractivity contribution in [3.8, 4) is 11.8 Å². The van der Waals surface area contributed by atoms with Crippen molar-refractivity contribution in [3.05, 3.63) is 6.07 Å². The molecule has 1 amide bonds. The monoisotopic (exact) mass is 282 g/mol. The number of aromatic nitrogens is 2. The first kappa shape index (κ1) is 16.0. The Hall–Kier alpha value is -2.05. The van der Waals surface area contributed by atoms with Crippen LogP contribution < -0.4 is 20.1 Å². The second kappa shape index (κ2) is 6.93. The molecule has 112 valence electrons. The van der Waals surface area contributed by atoms with Gasteiger partial charge in [0.2, 0.25) is 23.6 Å². The van der Waals surface area contributed by atoms with Gasteiger partial charge in [0.05, 0.1) is 20.3 Å². The Labute approximate surface area is 119 Å². The van der Waals surface area contributed by atoms with Gasteiger partial charge in [-0.2, -0.15) is 9.97 Å². The summed E-state index contributed by atoms with van der Waals surface area (Å²) in [6.07, 6.45) is 0.333. The predicted octanol–water partition coefficient (Wildman–Crippen LogP) is 1.21. The molecule has 0 bridgehead atoms. The molecule has 1 aromatic heterocycles. The fourth-order valence-electron chi connectivity index (χ4n) is 1.46. The Morgan fingerprint density at radius 2 is 1.75 bits per heavy atom. The Morgan fingerprint density at radius 3 is 2.20 bits per heavy atom. The molecule has 0 fully saturated rings. The first-order chi connectivity index (χ1) is 9.34. The van der Waals surface area contributed by atoms with Gasteiger partial charge in [-0.05, 0) is 20.8 Å². The normalized spacial score (nSPS) is 10.8. The number of ether oxygens (including phenoxy) is 2. The van der Waals surface area contributed by atoms with E-state index in [9.17, 15) is 4.79 Å². The third kappa shape index (κ3) is 5.73. The Kier molecular flexibility index (Phi) is 5.54. The van der Waals surface area contributed by atoms with Crippen LogP contribution in [-0.2, 0) is 4.79 Å². The highest BCUT2D eigenvalue weighted by Gasteiger charge is 2.13. The number of carbonyl (C=O) groups is 1. The highest BCUT2D eigenvalue weighted by molar-refractivity contribution is 5.77. The standard InChI is InChI=1S/C13H22N4O3/c1-13(2,3)17-9(18)6-7-14-12-15-10(19-4)8-11(16-12)20-5/h8H,6-7H2,1-5H3,(H,17,18)(H,14,15,16). The molecule has 0 aliphatic carbocycles. The van der Waals surface area contributed by atoms with Crippen molar-refractivity contribution in [2.75, 3.05) is 26.1 Å². The van der Waals surface area contributed by atoms with E-state index in [2.05, 4.69) is 20.6 Å². The van der Waals surface area contributed by atoms with Crippen LogP contribution in [0.15, 0.2) is 6.07 Å². The van der Waals surface area contributed by atoms with Crippen LogP contribution in [0.2, 0.25) is 0 Å². The van der Waals surface area contributed by atoms with E-state index in [1.807, 2.05) is 20.8 Å². The van der Waals surface area contributed by atoms with E-state index in [0.29, 0.717) is 30.7 Å². The zero-order valence-corrected chi connectivity index (χ0v) is 12.6. The Bertz CT molecular complexity index is 435. The topological polar surface area (TPSA) is 85.4 Å². The van der Waals surface area contributed by atoms with E-state index >= 15 is 0 Å². The van der Waals surface area contributed by atoms with Gasteiger partial charge in [0.1, 0.15) is 0 Å². The molecule has 0 aromatic carbocycles. The molecule has 0 unspecified atom stereocenters. The molecule has 20 heavy (non-hydrogen) atoms. The summed E-state index contributed by atoms with van der Waals surface area (Å²) in [6.45, 7) is 6.25. The van der Waals surface area contributed by atoms with Gasteiger partial charge < -0.3 is 20.1 Å². The summed E-state index contributed by atoms with van der Waals surface area (Å²) < 4.78 is 10.1. The molecular formula is C13H22N4O3. The van der Waals surface area contributed by atoms with Crippen LogP contribution in [0.3, 0.4) is 0 Å². The molecule has 7 nitrogen and oxygen atoms in total. The summed E-state index contributed by atoms with van der Waals surface area (Å²) in [5.74, 6) is 1.14. The predicted molar refractivity (Wildman–Crippen MR) is 76.1 cm³/mol. The van der Waals surface area contributed by atoms with Gasteiger partial charge in [0, 0.05) is 18.5 Å². The minimum atomic E-state index is -0.229. The van der Waals surface area contributed by atoms with Crippen LogP contribution in [-0.4, -0.2) is 42.2 Å². The molecule has 1 heterocycles. The number of rotatable bonds is 6. The lowest BCUT2D eigenvalue weighted by atomic mass is 10.1. The molecule has 0 aliphatic heterocycles. The second-order valence-corrected chi connectivity index (χ2v) is 5.25. The fraction of sp³-hybridized carbons (Fsp3) is 0.615. The van der Waals surface area contributed by atoms with Crippen molar-refractivity contribution >= 4 is 11.9 Å². The van der Waals surface area contributed by atoms with Gasteiger partial charge in [-0.1, -0.05) is 0 Å². The average Bonchev–Trinajstić information content (AvgIpc) is 2.36. The molecule has 1 aromatic rings. The zero-order chi connectivity index (χ0) is 15.2. The van der Waals surface area contributed by atoms with Gasteiger partial charge in [0.15, 0.2) is 0 Å². The molecule has 1 rings (SSSR count). The Morgan fingerprint density at radius 1 is 1.20 bits per heavy atom. The highest BCUT2D eigenvalue weighted by atomic mass is 16.5. The summed E-state index contributed by atoms with van der Waals surface area (Å²) in [6, 6.07) is 1.58. The number of carbonyl (C=O) groups excluding carboxylic acids is 1. The van der Waals surface area contributed by atoms with E-state index in [0.717, 1.165) is 0 Å². The summed E-state index contributed by atoms with van der Waals surface area (Å²) in [4.78, 5) is 19.9. The van der Waals surface area contributed by atoms with E-state index in [4.69, 9.17) is 9.47 Å². The Balaban J connectivity index is 2.51. The summed E-state index contributed by atoms with van der Waals surface area (Å²) >= 11 is 0. The number of hydrogen-bond donors (Lipinski definition) is 2. The van der Waals surface area contributed by atoms with E-state index in [1.165, 1.54) is 14.2 Å². The first-order valence-corrected chi connectivity index (χ1v) is 6.36. The molecule has 0 spiro atoms.